The first-order valence-corrected chi connectivity index (χ1v) is 9.11. The van der Waals surface area contributed by atoms with E-state index in [2.05, 4.69) is 4.99 Å². The zero-order chi connectivity index (χ0) is 19.6. The number of nitrogens with zero attached hydrogens (tertiary/aromatic N) is 2. The Labute approximate surface area is 157 Å². The van der Waals surface area contributed by atoms with E-state index in [0.717, 1.165) is 29.0 Å². The van der Waals surface area contributed by atoms with Gasteiger partial charge in [-0.25, -0.2) is 13.6 Å². The van der Waals surface area contributed by atoms with Crippen LogP contribution in [0, 0.1) is 11.6 Å². The maximum atomic E-state index is 13.8. The van der Waals surface area contributed by atoms with Gasteiger partial charge >= 0.3 is 5.97 Å². The van der Waals surface area contributed by atoms with Gasteiger partial charge in [0.2, 0.25) is 0 Å². The summed E-state index contributed by atoms with van der Waals surface area (Å²) in [5, 5.41) is 0. The molecule has 0 saturated heterocycles. The Morgan fingerprint density at radius 1 is 1.15 bits per heavy atom. The number of fused-ring (bicyclic) bond motifs is 1. The molecule has 0 spiro atoms. The standard InChI is InChI=1S/C19H16F2N2O3S/c1-3-23-14-9-8-11(18(25)26-4-2)10-15(14)27-19(23)22-17(24)16-12(20)6-5-7-13(16)21/h5-10H,3-4H2,1-2H3. The maximum absolute atomic E-state index is 13.8. The summed E-state index contributed by atoms with van der Waals surface area (Å²) in [6, 6.07) is 8.21. The van der Waals surface area contributed by atoms with E-state index >= 15 is 0 Å². The van der Waals surface area contributed by atoms with Crippen LogP contribution in [0.1, 0.15) is 34.6 Å². The fraction of sp³-hybridized carbons (Fsp3) is 0.211. The highest BCUT2D eigenvalue weighted by atomic mass is 32.1. The molecule has 0 atom stereocenters. The third-order valence-electron chi connectivity index (χ3n) is 3.88. The Balaban J connectivity index is 2.12. The lowest BCUT2D eigenvalue weighted by Crippen LogP contribution is -2.17. The zero-order valence-electron chi connectivity index (χ0n) is 14.7. The summed E-state index contributed by atoms with van der Waals surface area (Å²) in [7, 11) is 0. The number of amides is 1. The van der Waals surface area contributed by atoms with E-state index < -0.39 is 29.1 Å². The second-order valence-corrected chi connectivity index (χ2v) is 6.55. The Hall–Kier alpha value is -2.87. The molecule has 0 bridgehead atoms. The second kappa shape index (κ2) is 7.79. The largest absolute Gasteiger partial charge is 0.462 e. The predicted octanol–water partition coefficient (Wildman–Crippen LogP) is 3.92. The van der Waals surface area contributed by atoms with Crippen LogP contribution in [-0.4, -0.2) is 23.1 Å². The highest BCUT2D eigenvalue weighted by molar-refractivity contribution is 7.16. The van der Waals surface area contributed by atoms with E-state index in [0.29, 0.717) is 21.6 Å². The normalized spacial score (nSPS) is 11.8. The van der Waals surface area contributed by atoms with Gasteiger partial charge in [0, 0.05) is 6.54 Å². The van der Waals surface area contributed by atoms with Crippen molar-refractivity contribution in [3.63, 3.8) is 0 Å². The first kappa shape index (κ1) is 18.9. The van der Waals surface area contributed by atoms with Crippen LogP contribution in [0.2, 0.25) is 0 Å². The maximum Gasteiger partial charge on any atom is 0.338 e. The number of ether oxygens (including phenoxy) is 1. The van der Waals surface area contributed by atoms with Crippen LogP contribution in [0.5, 0.6) is 0 Å². The van der Waals surface area contributed by atoms with Crippen LogP contribution in [-0.2, 0) is 11.3 Å². The Bertz CT molecular complexity index is 1080. The van der Waals surface area contributed by atoms with Gasteiger partial charge in [0.1, 0.15) is 17.2 Å². The smallest absolute Gasteiger partial charge is 0.338 e. The number of aromatic nitrogens is 1. The number of rotatable bonds is 4. The summed E-state index contributed by atoms with van der Waals surface area (Å²) in [6.45, 7) is 4.33. The number of hydrogen-bond donors (Lipinski definition) is 0. The van der Waals surface area contributed by atoms with Crippen molar-refractivity contribution in [2.75, 3.05) is 6.61 Å². The van der Waals surface area contributed by atoms with E-state index in [9.17, 15) is 18.4 Å². The molecule has 8 heteroatoms. The van der Waals surface area contributed by atoms with Crippen molar-refractivity contribution in [1.29, 1.82) is 0 Å². The molecule has 2 aromatic carbocycles. The molecule has 0 radical (unpaired) electrons. The number of benzene rings is 2. The summed E-state index contributed by atoms with van der Waals surface area (Å²) in [5.74, 6) is -3.36. The monoisotopic (exact) mass is 390 g/mol. The molecule has 3 aromatic rings. The lowest BCUT2D eigenvalue weighted by atomic mass is 10.2. The highest BCUT2D eigenvalue weighted by Crippen LogP contribution is 2.20. The van der Waals surface area contributed by atoms with E-state index in [-0.39, 0.29) is 6.61 Å². The second-order valence-electron chi connectivity index (χ2n) is 5.55. The highest BCUT2D eigenvalue weighted by Gasteiger charge is 2.17. The molecule has 0 fully saturated rings. The first-order chi connectivity index (χ1) is 13.0. The van der Waals surface area contributed by atoms with Crippen molar-refractivity contribution in [2.24, 2.45) is 4.99 Å². The van der Waals surface area contributed by atoms with Crippen molar-refractivity contribution in [3.8, 4) is 0 Å². The Kier molecular flexibility index (Phi) is 5.46. The van der Waals surface area contributed by atoms with Gasteiger partial charge in [0.05, 0.1) is 22.4 Å². The average molecular weight is 390 g/mol. The summed E-state index contributed by atoms with van der Waals surface area (Å²) >= 11 is 1.16. The van der Waals surface area contributed by atoms with Crippen LogP contribution in [0.4, 0.5) is 8.78 Å². The van der Waals surface area contributed by atoms with Crippen molar-refractivity contribution in [1.82, 2.24) is 4.57 Å². The number of aryl methyl sites for hydroxylation is 1. The molecular weight excluding hydrogens is 374 g/mol. The van der Waals surface area contributed by atoms with E-state index in [1.165, 1.54) is 6.07 Å². The summed E-state index contributed by atoms with van der Waals surface area (Å²) in [6.07, 6.45) is 0. The number of hydrogen-bond acceptors (Lipinski definition) is 4. The molecule has 0 aliphatic rings. The third kappa shape index (κ3) is 3.66. The molecule has 1 amide bonds. The Morgan fingerprint density at radius 3 is 2.48 bits per heavy atom. The van der Waals surface area contributed by atoms with Gasteiger partial charge in [-0.15, -0.1) is 0 Å². The molecule has 1 aromatic heterocycles. The minimum Gasteiger partial charge on any atom is -0.462 e. The topological polar surface area (TPSA) is 60.7 Å². The summed E-state index contributed by atoms with van der Waals surface area (Å²) in [4.78, 5) is 28.4. The molecule has 0 unspecified atom stereocenters. The molecule has 140 valence electrons. The zero-order valence-corrected chi connectivity index (χ0v) is 15.5. The fourth-order valence-electron chi connectivity index (χ4n) is 2.65. The number of esters is 1. The lowest BCUT2D eigenvalue weighted by Gasteiger charge is -2.03. The van der Waals surface area contributed by atoms with Gasteiger partial charge in [-0.3, -0.25) is 4.79 Å². The molecule has 1 heterocycles. The molecule has 3 rings (SSSR count). The molecule has 5 nitrogen and oxygen atoms in total. The van der Waals surface area contributed by atoms with E-state index in [1.54, 1.807) is 29.7 Å². The third-order valence-corrected chi connectivity index (χ3v) is 4.93. The fourth-order valence-corrected chi connectivity index (χ4v) is 3.78. The SMILES string of the molecule is CCOC(=O)c1ccc2c(c1)sc(=NC(=O)c1c(F)cccc1F)n2CC. The van der Waals surface area contributed by atoms with E-state index in [1.807, 2.05) is 6.92 Å². The van der Waals surface area contributed by atoms with Crippen molar-refractivity contribution in [2.45, 2.75) is 20.4 Å². The molecule has 0 aliphatic heterocycles. The number of carbonyl (C=O) groups excluding carboxylic acids is 2. The van der Waals surface area contributed by atoms with Gasteiger partial charge in [-0.2, -0.15) is 4.99 Å². The van der Waals surface area contributed by atoms with Crippen molar-refractivity contribution < 1.29 is 23.1 Å². The van der Waals surface area contributed by atoms with Crippen LogP contribution < -0.4 is 4.80 Å². The van der Waals surface area contributed by atoms with Gasteiger partial charge in [-0.05, 0) is 44.2 Å². The van der Waals surface area contributed by atoms with Crippen molar-refractivity contribution in [3.05, 3.63) is 64.0 Å². The first-order valence-electron chi connectivity index (χ1n) is 8.29. The lowest BCUT2D eigenvalue weighted by molar-refractivity contribution is 0.0526. The van der Waals surface area contributed by atoms with E-state index in [4.69, 9.17) is 4.74 Å². The van der Waals surface area contributed by atoms with Gasteiger partial charge in [0.25, 0.3) is 5.91 Å². The molecule has 0 aliphatic carbocycles. The van der Waals surface area contributed by atoms with Crippen LogP contribution in [0.3, 0.4) is 0 Å². The van der Waals surface area contributed by atoms with Gasteiger partial charge < -0.3 is 9.30 Å². The minimum absolute atomic E-state index is 0.263. The molecule has 0 saturated carbocycles. The van der Waals surface area contributed by atoms with Crippen molar-refractivity contribution >= 4 is 33.4 Å². The minimum atomic E-state index is -0.995. The Morgan fingerprint density at radius 2 is 1.85 bits per heavy atom. The number of carbonyl (C=O) groups is 2. The molecule has 27 heavy (non-hydrogen) atoms. The summed E-state index contributed by atoms with van der Waals surface area (Å²) < 4.78 is 35.1. The molecule has 0 N–H and O–H groups in total. The summed E-state index contributed by atoms with van der Waals surface area (Å²) in [5.41, 5.74) is 0.452. The quantitative estimate of drug-likeness (QED) is 0.635. The average Bonchev–Trinajstić information content (AvgIpc) is 2.97. The van der Waals surface area contributed by atoms with Gasteiger partial charge in [0.15, 0.2) is 4.80 Å². The predicted molar refractivity (Wildman–Crippen MR) is 97.7 cm³/mol. The van der Waals surface area contributed by atoms with Crippen LogP contribution in [0.25, 0.3) is 10.2 Å². The van der Waals surface area contributed by atoms with Crippen LogP contribution in [0.15, 0.2) is 41.4 Å². The van der Waals surface area contributed by atoms with Crippen LogP contribution >= 0.6 is 11.3 Å². The molecular formula is C19H16F2N2O3S. The number of halogens is 2. The number of thiazole rings is 1. The van der Waals surface area contributed by atoms with Gasteiger partial charge in [-0.1, -0.05) is 17.4 Å².